The second-order valence-electron chi connectivity index (χ2n) is 4.60. The Morgan fingerprint density at radius 3 is 2.11 bits per heavy atom. The standard InChI is InChI=1S/C10H16N2O6S/c1-6(2)9(11-19(3,16)17)10(15)18-12-7(13)4-5-8(12)14/h6,9,11H,4-5H2,1-3H3/t9-/m0/s1. The van der Waals surface area contributed by atoms with Crippen molar-refractivity contribution in [1.29, 1.82) is 0 Å². The highest BCUT2D eigenvalue weighted by atomic mass is 32.2. The summed E-state index contributed by atoms with van der Waals surface area (Å²) in [7, 11) is -3.61. The smallest absolute Gasteiger partial charge is 0.329 e. The Morgan fingerprint density at radius 2 is 1.74 bits per heavy atom. The predicted octanol–water partition coefficient (Wildman–Crippen LogP) is -0.833. The summed E-state index contributed by atoms with van der Waals surface area (Å²) in [5, 5.41) is 0.391. The molecule has 1 aliphatic rings. The Bertz CT molecular complexity index is 482. The highest BCUT2D eigenvalue weighted by Gasteiger charge is 2.36. The number of hydrogen-bond acceptors (Lipinski definition) is 6. The second kappa shape index (κ2) is 5.66. The average molecular weight is 292 g/mol. The van der Waals surface area contributed by atoms with Crippen molar-refractivity contribution in [3.63, 3.8) is 0 Å². The minimum Gasteiger partial charge on any atom is -0.329 e. The van der Waals surface area contributed by atoms with Gasteiger partial charge in [-0.2, -0.15) is 0 Å². The van der Waals surface area contributed by atoms with Crippen LogP contribution in [0.2, 0.25) is 0 Å². The lowest BCUT2D eigenvalue weighted by Gasteiger charge is -2.21. The number of rotatable bonds is 5. The van der Waals surface area contributed by atoms with E-state index in [0.717, 1.165) is 6.26 Å². The predicted molar refractivity (Wildman–Crippen MR) is 63.8 cm³/mol. The zero-order chi connectivity index (χ0) is 14.8. The number of hydroxylamine groups is 2. The van der Waals surface area contributed by atoms with Gasteiger partial charge in [0.25, 0.3) is 11.8 Å². The van der Waals surface area contributed by atoms with Crippen LogP contribution in [-0.2, 0) is 29.2 Å². The lowest BCUT2D eigenvalue weighted by Crippen LogP contribution is -2.47. The quantitative estimate of drug-likeness (QED) is 0.662. The van der Waals surface area contributed by atoms with E-state index < -0.39 is 39.8 Å². The fourth-order valence-corrected chi connectivity index (χ4v) is 2.32. The highest BCUT2D eigenvalue weighted by molar-refractivity contribution is 7.88. The zero-order valence-corrected chi connectivity index (χ0v) is 11.7. The number of imide groups is 1. The molecule has 0 aromatic rings. The molecule has 0 aromatic carbocycles. The van der Waals surface area contributed by atoms with E-state index in [2.05, 4.69) is 9.56 Å². The number of carbonyl (C=O) groups excluding carboxylic acids is 3. The molecule has 0 saturated carbocycles. The molecule has 1 atom stereocenters. The zero-order valence-electron chi connectivity index (χ0n) is 10.9. The topological polar surface area (TPSA) is 110 Å². The van der Waals surface area contributed by atoms with E-state index in [1.54, 1.807) is 13.8 Å². The summed E-state index contributed by atoms with van der Waals surface area (Å²) >= 11 is 0. The van der Waals surface area contributed by atoms with E-state index in [0.29, 0.717) is 5.06 Å². The number of hydrogen-bond donors (Lipinski definition) is 1. The van der Waals surface area contributed by atoms with Gasteiger partial charge in [0.15, 0.2) is 0 Å². The van der Waals surface area contributed by atoms with Gasteiger partial charge in [0.2, 0.25) is 10.0 Å². The number of nitrogens with zero attached hydrogens (tertiary/aromatic N) is 1. The van der Waals surface area contributed by atoms with Crippen LogP contribution in [0.5, 0.6) is 0 Å². The maximum atomic E-state index is 11.8. The molecule has 8 nitrogen and oxygen atoms in total. The van der Waals surface area contributed by atoms with Gasteiger partial charge < -0.3 is 4.84 Å². The Hall–Kier alpha value is -1.48. The third kappa shape index (κ3) is 4.28. The minimum absolute atomic E-state index is 0.0159. The third-order valence-corrected chi connectivity index (χ3v) is 3.13. The monoisotopic (exact) mass is 292 g/mol. The van der Waals surface area contributed by atoms with Crippen molar-refractivity contribution in [2.24, 2.45) is 5.92 Å². The fraction of sp³-hybridized carbons (Fsp3) is 0.700. The van der Waals surface area contributed by atoms with Crippen molar-refractivity contribution >= 4 is 27.8 Å². The van der Waals surface area contributed by atoms with E-state index >= 15 is 0 Å². The molecule has 19 heavy (non-hydrogen) atoms. The number of carbonyl (C=O) groups is 3. The van der Waals surface area contributed by atoms with Gasteiger partial charge in [0, 0.05) is 12.8 Å². The summed E-state index contributed by atoms with van der Waals surface area (Å²) in [4.78, 5) is 39.1. The van der Waals surface area contributed by atoms with Gasteiger partial charge in [-0.1, -0.05) is 13.8 Å². The van der Waals surface area contributed by atoms with Crippen LogP contribution in [0.3, 0.4) is 0 Å². The highest BCUT2D eigenvalue weighted by Crippen LogP contribution is 2.14. The Balaban J connectivity index is 2.78. The molecular weight excluding hydrogens is 276 g/mol. The molecule has 1 N–H and O–H groups in total. The Kier molecular flexibility index (Phi) is 4.64. The number of sulfonamides is 1. The molecule has 0 bridgehead atoms. The molecule has 0 unspecified atom stereocenters. The Labute approximate surface area is 111 Å². The molecule has 108 valence electrons. The molecule has 0 spiro atoms. The van der Waals surface area contributed by atoms with Crippen LogP contribution in [0.4, 0.5) is 0 Å². The van der Waals surface area contributed by atoms with Crippen LogP contribution in [0.15, 0.2) is 0 Å². The lowest BCUT2D eigenvalue weighted by molar-refractivity contribution is -0.199. The van der Waals surface area contributed by atoms with Crippen molar-refractivity contribution in [1.82, 2.24) is 9.79 Å². The van der Waals surface area contributed by atoms with E-state index in [4.69, 9.17) is 0 Å². The van der Waals surface area contributed by atoms with Crippen LogP contribution in [-0.4, -0.2) is 43.6 Å². The maximum Gasteiger partial charge on any atom is 0.351 e. The second-order valence-corrected chi connectivity index (χ2v) is 6.38. The van der Waals surface area contributed by atoms with Crippen molar-refractivity contribution in [3.05, 3.63) is 0 Å². The van der Waals surface area contributed by atoms with Crippen LogP contribution >= 0.6 is 0 Å². The van der Waals surface area contributed by atoms with Gasteiger partial charge in [-0.15, -0.1) is 5.06 Å². The van der Waals surface area contributed by atoms with E-state index in [-0.39, 0.29) is 12.8 Å². The molecule has 1 aliphatic heterocycles. The van der Waals surface area contributed by atoms with E-state index in [9.17, 15) is 22.8 Å². The molecule has 1 heterocycles. The fourth-order valence-electron chi connectivity index (χ4n) is 1.49. The van der Waals surface area contributed by atoms with E-state index in [1.165, 1.54) is 0 Å². The van der Waals surface area contributed by atoms with Gasteiger partial charge in [0.1, 0.15) is 6.04 Å². The largest absolute Gasteiger partial charge is 0.351 e. The van der Waals surface area contributed by atoms with Crippen molar-refractivity contribution in [2.75, 3.05) is 6.26 Å². The third-order valence-electron chi connectivity index (χ3n) is 2.45. The first-order valence-electron chi connectivity index (χ1n) is 5.66. The molecule has 9 heteroatoms. The van der Waals surface area contributed by atoms with Crippen LogP contribution < -0.4 is 4.72 Å². The molecule has 1 saturated heterocycles. The van der Waals surface area contributed by atoms with Crippen molar-refractivity contribution in [2.45, 2.75) is 32.7 Å². The van der Waals surface area contributed by atoms with Crippen LogP contribution in [0, 0.1) is 5.92 Å². The SMILES string of the molecule is CC(C)[C@H](NS(C)(=O)=O)C(=O)ON1C(=O)CCC1=O. The van der Waals surface area contributed by atoms with Gasteiger partial charge in [-0.25, -0.2) is 17.9 Å². The maximum absolute atomic E-state index is 11.8. The molecule has 1 fully saturated rings. The number of amides is 2. The first-order chi connectivity index (χ1) is 8.61. The lowest BCUT2D eigenvalue weighted by atomic mass is 10.1. The normalized spacial score (nSPS) is 18.0. The molecule has 0 aliphatic carbocycles. The molecular formula is C10H16N2O6S. The first kappa shape index (κ1) is 15.6. The average Bonchev–Trinajstić information content (AvgIpc) is 2.56. The van der Waals surface area contributed by atoms with E-state index in [1.807, 2.05) is 0 Å². The summed E-state index contributed by atoms with van der Waals surface area (Å²) < 4.78 is 24.4. The molecule has 0 radical (unpaired) electrons. The summed E-state index contributed by atoms with van der Waals surface area (Å²) in [5.41, 5.74) is 0. The van der Waals surface area contributed by atoms with Gasteiger partial charge in [-0.05, 0) is 5.92 Å². The number of nitrogens with one attached hydrogen (secondary N) is 1. The molecule has 1 rings (SSSR count). The minimum atomic E-state index is -3.61. The van der Waals surface area contributed by atoms with Gasteiger partial charge >= 0.3 is 5.97 Å². The molecule has 2 amide bonds. The summed E-state index contributed by atoms with van der Waals surface area (Å²) in [6, 6.07) is -1.16. The van der Waals surface area contributed by atoms with Crippen molar-refractivity contribution < 1.29 is 27.6 Å². The van der Waals surface area contributed by atoms with Crippen LogP contribution in [0.1, 0.15) is 26.7 Å². The van der Waals surface area contributed by atoms with Gasteiger partial charge in [0.05, 0.1) is 6.26 Å². The summed E-state index contributed by atoms with van der Waals surface area (Å²) in [6.07, 6.45) is 0.873. The van der Waals surface area contributed by atoms with Crippen LogP contribution in [0.25, 0.3) is 0 Å². The molecule has 0 aromatic heterocycles. The Morgan fingerprint density at radius 1 is 1.26 bits per heavy atom. The first-order valence-corrected chi connectivity index (χ1v) is 7.56. The van der Waals surface area contributed by atoms with Crippen molar-refractivity contribution in [3.8, 4) is 0 Å². The summed E-state index contributed by atoms with van der Waals surface area (Å²) in [5.74, 6) is -2.60. The summed E-state index contributed by atoms with van der Waals surface area (Å²) in [6.45, 7) is 3.22. The van der Waals surface area contributed by atoms with Gasteiger partial charge in [-0.3, -0.25) is 9.59 Å².